The van der Waals surface area contributed by atoms with Crippen molar-refractivity contribution in [2.45, 2.75) is 59.3 Å². The third kappa shape index (κ3) is 7.59. The Morgan fingerprint density at radius 2 is 1.54 bits per heavy atom. The molecule has 0 aliphatic carbocycles. The van der Waals surface area contributed by atoms with E-state index in [1.807, 2.05) is 0 Å². The number of benzene rings is 1. The number of hydrogen-bond donors (Lipinski definition) is 0. The van der Waals surface area contributed by atoms with Crippen LogP contribution in [0.15, 0.2) is 24.3 Å². The number of carbonyl (C=O) groups excluding carboxylic acids is 2. The maximum Gasteiger partial charge on any atom is 0.360 e. The zero-order valence-electron chi connectivity index (χ0n) is 15.0. The molecule has 5 nitrogen and oxygen atoms in total. The quantitative estimate of drug-likeness (QED) is 0.260. The van der Waals surface area contributed by atoms with Gasteiger partial charge in [-0.25, -0.2) is 4.79 Å². The van der Waals surface area contributed by atoms with Gasteiger partial charge in [-0.1, -0.05) is 51.7 Å². The van der Waals surface area contributed by atoms with E-state index in [1.54, 1.807) is 29.3 Å². The molecule has 0 atom stereocenters. The van der Waals surface area contributed by atoms with E-state index < -0.39 is 11.9 Å². The average molecular weight is 335 g/mol. The highest BCUT2D eigenvalue weighted by Gasteiger charge is 2.18. The zero-order valence-corrected chi connectivity index (χ0v) is 15.0. The van der Waals surface area contributed by atoms with Gasteiger partial charge in [-0.15, -0.1) is 5.06 Å². The number of hydrogen-bond acceptors (Lipinski definition) is 5. The second kappa shape index (κ2) is 11.6. The molecule has 0 N–H and O–H groups in total. The largest absolute Gasteiger partial charge is 0.426 e. The number of para-hydroxylation sites is 1. The third-order valence-corrected chi connectivity index (χ3v) is 3.59. The van der Waals surface area contributed by atoms with Crippen LogP contribution in [0.5, 0.6) is 5.75 Å². The predicted molar refractivity (Wildman–Crippen MR) is 93.8 cm³/mol. The molecule has 0 bridgehead atoms. The lowest BCUT2D eigenvalue weighted by molar-refractivity contribution is -0.132. The van der Waals surface area contributed by atoms with Crippen LogP contribution in [0, 0.1) is 0 Å². The number of ether oxygens (including phenoxy) is 1. The van der Waals surface area contributed by atoms with Crippen molar-refractivity contribution in [3.63, 3.8) is 0 Å². The SMILES string of the molecule is CCCCCN(CCCCC)OC(=O)c1ccccc1OC(C)=O. The number of unbranched alkanes of at least 4 members (excludes halogenated alkanes) is 4. The molecule has 134 valence electrons. The summed E-state index contributed by atoms with van der Waals surface area (Å²) in [5, 5.41) is 1.73. The number of carbonyl (C=O) groups is 2. The maximum atomic E-state index is 12.5. The summed E-state index contributed by atoms with van der Waals surface area (Å²) < 4.78 is 5.09. The van der Waals surface area contributed by atoms with Crippen LogP contribution in [0.3, 0.4) is 0 Å². The van der Waals surface area contributed by atoms with E-state index in [9.17, 15) is 9.59 Å². The van der Waals surface area contributed by atoms with Gasteiger partial charge in [0.05, 0.1) is 0 Å². The van der Waals surface area contributed by atoms with Crippen molar-refractivity contribution in [1.29, 1.82) is 0 Å². The smallest absolute Gasteiger partial charge is 0.360 e. The van der Waals surface area contributed by atoms with Gasteiger partial charge in [0, 0.05) is 20.0 Å². The fourth-order valence-corrected chi connectivity index (χ4v) is 2.32. The van der Waals surface area contributed by atoms with Gasteiger partial charge in [-0.3, -0.25) is 4.79 Å². The second-order valence-corrected chi connectivity index (χ2v) is 5.81. The number of hydroxylamine groups is 2. The van der Waals surface area contributed by atoms with Crippen LogP contribution in [0.1, 0.15) is 69.7 Å². The van der Waals surface area contributed by atoms with Crippen LogP contribution in [0.2, 0.25) is 0 Å². The summed E-state index contributed by atoms with van der Waals surface area (Å²) >= 11 is 0. The second-order valence-electron chi connectivity index (χ2n) is 5.81. The van der Waals surface area contributed by atoms with Gasteiger partial charge in [0.25, 0.3) is 0 Å². The van der Waals surface area contributed by atoms with Gasteiger partial charge in [-0.2, -0.15) is 0 Å². The van der Waals surface area contributed by atoms with Crippen LogP contribution < -0.4 is 4.74 Å². The molecule has 0 amide bonds. The summed E-state index contributed by atoms with van der Waals surface area (Å²) in [6, 6.07) is 6.64. The van der Waals surface area contributed by atoms with Crippen molar-refractivity contribution in [2.75, 3.05) is 13.1 Å². The summed E-state index contributed by atoms with van der Waals surface area (Å²) in [6.07, 6.45) is 6.42. The number of nitrogens with zero attached hydrogens (tertiary/aromatic N) is 1. The summed E-state index contributed by atoms with van der Waals surface area (Å²) in [4.78, 5) is 29.2. The summed E-state index contributed by atoms with van der Waals surface area (Å²) in [5.41, 5.74) is 0.267. The van der Waals surface area contributed by atoms with Gasteiger partial charge < -0.3 is 9.57 Å². The monoisotopic (exact) mass is 335 g/mol. The topological polar surface area (TPSA) is 55.8 Å². The molecule has 0 aliphatic heterocycles. The molecule has 0 aliphatic rings. The fraction of sp³-hybridized carbons (Fsp3) is 0.579. The summed E-state index contributed by atoms with van der Waals surface area (Å²) in [5.74, 6) is -0.713. The fourth-order valence-electron chi connectivity index (χ4n) is 2.32. The first-order valence-electron chi connectivity index (χ1n) is 8.83. The van der Waals surface area contributed by atoms with E-state index in [4.69, 9.17) is 9.57 Å². The molecule has 0 heterocycles. The predicted octanol–water partition coefficient (Wildman–Crippen LogP) is 4.37. The lowest BCUT2D eigenvalue weighted by Gasteiger charge is -2.21. The highest BCUT2D eigenvalue weighted by Crippen LogP contribution is 2.20. The zero-order chi connectivity index (χ0) is 17.8. The van der Waals surface area contributed by atoms with Crippen molar-refractivity contribution in [1.82, 2.24) is 5.06 Å². The Morgan fingerprint density at radius 3 is 2.08 bits per heavy atom. The Kier molecular flexibility index (Phi) is 9.77. The molecular weight excluding hydrogens is 306 g/mol. The first kappa shape index (κ1) is 20.2. The highest BCUT2D eigenvalue weighted by atomic mass is 16.7. The first-order chi connectivity index (χ1) is 11.6. The molecule has 24 heavy (non-hydrogen) atoms. The molecule has 1 aromatic carbocycles. The molecule has 1 aromatic rings. The molecule has 0 saturated carbocycles. The molecule has 0 aromatic heterocycles. The van der Waals surface area contributed by atoms with E-state index in [2.05, 4.69) is 13.8 Å². The van der Waals surface area contributed by atoms with Crippen LogP contribution in [0.25, 0.3) is 0 Å². The van der Waals surface area contributed by atoms with E-state index in [0.717, 1.165) is 51.6 Å². The third-order valence-electron chi connectivity index (χ3n) is 3.59. The van der Waals surface area contributed by atoms with Crippen LogP contribution in [-0.4, -0.2) is 30.1 Å². The molecule has 0 saturated heterocycles. The van der Waals surface area contributed by atoms with Crippen molar-refractivity contribution in [3.05, 3.63) is 29.8 Å². The van der Waals surface area contributed by atoms with Gasteiger partial charge in [0.1, 0.15) is 11.3 Å². The van der Waals surface area contributed by atoms with Gasteiger partial charge in [0.15, 0.2) is 0 Å². The van der Waals surface area contributed by atoms with Crippen LogP contribution in [0.4, 0.5) is 0 Å². The highest BCUT2D eigenvalue weighted by molar-refractivity contribution is 5.93. The lowest BCUT2D eigenvalue weighted by atomic mass is 10.2. The Labute approximate surface area is 144 Å². The van der Waals surface area contributed by atoms with Crippen molar-refractivity contribution in [3.8, 4) is 5.75 Å². The van der Waals surface area contributed by atoms with Crippen LogP contribution in [-0.2, 0) is 9.63 Å². The van der Waals surface area contributed by atoms with Gasteiger partial charge >= 0.3 is 11.9 Å². The van der Waals surface area contributed by atoms with E-state index in [-0.39, 0.29) is 11.3 Å². The average Bonchev–Trinajstić information content (AvgIpc) is 2.55. The molecule has 0 spiro atoms. The van der Waals surface area contributed by atoms with Crippen LogP contribution >= 0.6 is 0 Å². The lowest BCUT2D eigenvalue weighted by Crippen LogP contribution is -2.30. The standard InChI is InChI=1S/C19H29NO4/c1-4-6-10-14-20(15-11-7-5-2)24-19(22)17-12-8-9-13-18(17)23-16(3)21/h8-9,12-13H,4-7,10-11,14-15H2,1-3H3. The van der Waals surface area contributed by atoms with Gasteiger partial charge in [-0.05, 0) is 25.0 Å². The van der Waals surface area contributed by atoms with E-state index >= 15 is 0 Å². The molecule has 1 rings (SSSR count). The molecular formula is C19H29NO4. The minimum absolute atomic E-state index is 0.233. The minimum atomic E-state index is -0.486. The molecule has 5 heteroatoms. The van der Waals surface area contributed by atoms with Crippen molar-refractivity contribution >= 4 is 11.9 Å². The molecule has 0 radical (unpaired) electrons. The molecule has 0 fully saturated rings. The Morgan fingerprint density at radius 1 is 0.958 bits per heavy atom. The first-order valence-corrected chi connectivity index (χ1v) is 8.83. The van der Waals surface area contributed by atoms with E-state index in [0.29, 0.717) is 0 Å². The number of rotatable bonds is 11. The summed E-state index contributed by atoms with van der Waals surface area (Å²) in [7, 11) is 0. The van der Waals surface area contributed by atoms with Crippen molar-refractivity contribution in [2.24, 2.45) is 0 Å². The Balaban J connectivity index is 2.73. The summed E-state index contributed by atoms with van der Waals surface area (Å²) in [6.45, 7) is 7.04. The maximum absolute atomic E-state index is 12.5. The Hall–Kier alpha value is -1.88. The normalized spacial score (nSPS) is 10.7. The van der Waals surface area contributed by atoms with Gasteiger partial charge in [0.2, 0.25) is 0 Å². The minimum Gasteiger partial charge on any atom is -0.426 e. The molecule has 0 unspecified atom stereocenters. The Bertz CT molecular complexity index is 506. The van der Waals surface area contributed by atoms with E-state index in [1.165, 1.54) is 6.92 Å². The van der Waals surface area contributed by atoms with Crippen molar-refractivity contribution < 1.29 is 19.2 Å². The number of esters is 1.